The lowest BCUT2D eigenvalue weighted by atomic mass is 10.1. The Bertz CT molecular complexity index is 632. The molecule has 0 unspecified atom stereocenters. The molecule has 0 saturated carbocycles. The lowest BCUT2D eigenvalue weighted by molar-refractivity contribution is 0.0954. The molecule has 1 N–H and O–H groups in total. The van der Waals surface area contributed by atoms with Gasteiger partial charge in [0.25, 0.3) is 5.91 Å². The second-order valence-electron chi connectivity index (χ2n) is 5.52. The Labute approximate surface area is 134 Å². The number of pyridine rings is 1. The summed E-state index contributed by atoms with van der Waals surface area (Å²) >= 11 is 1.37. The van der Waals surface area contributed by atoms with Crippen LogP contribution < -0.4 is 10.2 Å². The molecule has 3 rings (SSSR count). The molecule has 2 aromatic heterocycles. The highest BCUT2D eigenvalue weighted by molar-refractivity contribution is 7.11. The summed E-state index contributed by atoms with van der Waals surface area (Å²) in [6, 6.07) is 4.08. The number of amides is 1. The third-order valence-electron chi connectivity index (χ3n) is 3.89. The van der Waals surface area contributed by atoms with Gasteiger partial charge < -0.3 is 10.2 Å². The molecule has 5 nitrogen and oxygen atoms in total. The molecule has 0 spiro atoms. The molecule has 0 aromatic carbocycles. The molecule has 6 heteroatoms. The maximum Gasteiger partial charge on any atom is 0.263 e. The molecule has 1 amide bonds. The molecule has 1 fully saturated rings. The third kappa shape index (κ3) is 3.44. The van der Waals surface area contributed by atoms with Crippen LogP contribution in [0.2, 0.25) is 0 Å². The molecular formula is C16H20N4OS. The average molecular weight is 316 g/mol. The second-order valence-corrected chi connectivity index (χ2v) is 6.38. The normalized spacial score (nSPS) is 14.9. The predicted molar refractivity (Wildman–Crippen MR) is 88.3 cm³/mol. The quantitative estimate of drug-likeness (QED) is 0.942. The van der Waals surface area contributed by atoms with Gasteiger partial charge in [-0.25, -0.2) is 9.97 Å². The first-order chi connectivity index (χ1) is 10.7. The number of aryl methyl sites for hydroxylation is 1. The monoisotopic (exact) mass is 316 g/mol. The van der Waals surface area contributed by atoms with Crippen molar-refractivity contribution in [1.82, 2.24) is 15.3 Å². The van der Waals surface area contributed by atoms with E-state index in [4.69, 9.17) is 0 Å². The summed E-state index contributed by atoms with van der Waals surface area (Å²) in [5.74, 6) is 0.966. The molecule has 0 aliphatic carbocycles. The van der Waals surface area contributed by atoms with Crippen LogP contribution >= 0.6 is 11.3 Å². The maximum atomic E-state index is 12.0. The van der Waals surface area contributed by atoms with Crippen molar-refractivity contribution < 1.29 is 4.79 Å². The fourth-order valence-electron chi connectivity index (χ4n) is 2.61. The lowest BCUT2D eigenvalue weighted by Gasteiger charge is -2.27. The summed E-state index contributed by atoms with van der Waals surface area (Å²) in [5, 5.41) is 2.92. The highest BCUT2D eigenvalue weighted by atomic mass is 32.1. The third-order valence-corrected chi connectivity index (χ3v) is 4.82. The number of thiazole rings is 1. The summed E-state index contributed by atoms with van der Waals surface area (Å²) in [4.78, 5) is 23.7. The van der Waals surface area contributed by atoms with E-state index in [0.29, 0.717) is 11.4 Å². The van der Waals surface area contributed by atoms with Crippen molar-refractivity contribution in [2.24, 2.45) is 0 Å². The zero-order valence-corrected chi connectivity index (χ0v) is 13.5. The fourth-order valence-corrected chi connectivity index (χ4v) is 3.33. The van der Waals surface area contributed by atoms with E-state index in [1.807, 2.05) is 25.3 Å². The first-order valence-corrected chi connectivity index (χ1v) is 8.50. The zero-order valence-electron chi connectivity index (χ0n) is 12.7. The van der Waals surface area contributed by atoms with Crippen LogP contribution in [0.4, 0.5) is 5.82 Å². The van der Waals surface area contributed by atoms with Crippen LogP contribution in [0.15, 0.2) is 23.8 Å². The van der Waals surface area contributed by atoms with Crippen LogP contribution in [0, 0.1) is 6.92 Å². The number of anilines is 1. The van der Waals surface area contributed by atoms with Crippen molar-refractivity contribution >= 4 is 23.1 Å². The van der Waals surface area contributed by atoms with Crippen molar-refractivity contribution in [1.29, 1.82) is 0 Å². The van der Waals surface area contributed by atoms with Crippen molar-refractivity contribution in [2.45, 2.75) is 32.7 Å². The lowest BCUT2D eigenvalue weighted by Crippen LogP contribution is -2.30. The van der Waals surface area contributed by atoms with Crippen molar-refractivity contribution in [3.05, 3.63) is 40.0 Å². The fraction of sp³-hybridized carbons (Fsp3) is 0.438. The van der Waals surface area contributed by atoms with Gasteiger partial charge in [0.1, 0.15) is 10.7 Å². The molecule has 0 bridgehead atoms. The van der Waals surface area contributed by atoms with Crippen LogP contribution in [0.1, 0.15) is 40.2 Å². The summed E-state index contributed by atoms with van der Waals surface area (Å²) in [7, 11) is 0. The van der Waals surface area contributed by atoms with E-state index < -0.39 is 0 Å². The highest BCUT2D eigenvalue weighted by Gasteiger charge is 2.13. The number of carbonyl (C=O) groups excluding carboxylic acids is 1. The predicted octanol–water partition coefficient (Wildman–Crippen LogP) is 2.77. The number of piperidine rings is 1. The highest BCUT2D eigenvalue weighted by Crippen LogP contribution is 2.17. The number of carbonyl (C=O) groups is 1. The molecule has 0 radical (unpaired) electrons. The Morgan fingerprint density at radius 1 is 1.27 bits per heavy atom. The maximum absolute atomic E-state index is 12.0. The van der Waals surface area contributed by atoms with Gasteiger partial charge in [0.2, 0.25) is 0 Å². The number of nitrogens with zero attached hydrogens (tertiary/aromatic N) is 3. The van der Waals surface area contributed by atoms with Gasteiger partial charge in [-0.2, -0.15) is 0 Å². The van der Waals surface area contributed by atoms with Gasteiger partial charge in [-0.1, -0.05) is 6.07 Å². The molecule has 1 aliphatic rings. The first kappa shape index (κ1) is 15.0. The molecule has 1 saturated heterocycles. The van der Waals surface area contributed by atoms with Crippen LogP contribution in [0.25, 0.3) is 0 Å². The van der Waals surface area contributed by atoms with Gasteiger partial charge in [0, 0.05) is 25.8 Å². The molecule has 3 heterocycles. The summed E-state index contributed by atoms with van der Waals surface area (Å²) < 4.78 is 0. The standard InChI is InChI=1S/C16H20N4OS/c1-12-15(22-11-19-12)16(21)18-10-13-5-6-14(17-9-13)20-7-3-2-4-8-20/h5-6,9,11H,2-4,7-8,10H2,1H3,(H,18,21). The molecule has 0 atom stereocenters. The van der Waals surface area contributed by atoms with Crippen LogP contribution in [-0.4, -0.2) is 29.0 Å². The van der Waals surface area contributed by atoms with E-state index in [1.54, 1.807) is 5.51 Å². The van der Waals surface area contributed by atoms with E-state index >= 15 is 0 Å². The first-order valence-electron chi connectivity index (χ1n) is 7.62. The number of hydrogen-bond donors (Lipinski definition) is 1. The van der Waals surface area contributed by atoms with Gasteiger partial charge in [0.15, 0.2) is 0 Å². The Morgan fingerprint density at radius 2 is 2.09 bits per heavy atom. The SMILES string of the molecule is Cc1ncsc1C(=O)NCc1ccc(N2CCCCC2)nc1. The van der Waals surface area contributed by atoms with Gasteiger partial charge in [0.05, 0.1) is 11.2 Å². The molecule has 2 aromatic rings. The number of rotatable bonds is 4. The zero-order chi connectivity index (χ0) is 15.4. The van der Waals surface area contributed by atoms with Crippen molar-refractivity contribution in [3.63, 3.8) is 0 Å². The minimum absolute atomic E-state index is 0.0693. The summed E-state index contributed by atoms with van der Waals surface area (Å²) in [6.45, 7) is 4.52. The molecule has 1 aliphatic heterocycles. The molecular weight excluding hydrogens is 296 g/mol. The van der Waals surface area contributed by atoms with Gasteiger partial charge in [-0.05, 0) is 37.8 Å². The van der Waals surface area contributed by atoms with Gasteiger partial charge in [-0.3, -0.25) is 4.79 Å². The Balaban J connectivity index is 1.57. The topological polar surface area (TPSA) is 58.1 Å². The average Bonchev–Trinajstić information content (AvgIpc) is 3.00. The Hall–Kier alpha value is -1.95. The largest absolute Gasteiger partial charge is 0.357 e. The summed E-state index contributed by atoms with van der Waals surface area (Å²) in [5.41, 5.74) is 3.48. The van der Waals surface area contributed by atoms with E-state index in [-0.39, 0.29) is 5.91 Å². The van der Waals surface area contributed by atoms with E-state index in [2.05, 4.69) is 20.2 Å². The van der Waals surface area contributed by atoms with Gasteiger partial charge >= 0.3 is 0 Å². The smallest absolute Gasteiger partial charge is 0.263 e. The minimum atomic E-state index is -0.0693. The minimum Gasteiger partial charge on any atom is -0.357 e. The van der Waals surface area contributed by atoms with Crippen LogP contribution in [0.3, 0.4) is 0 Å². The number of nitrogens with one attached hydrogen (secondary N) is 1. The van der Waals surface area contributed by atoms with Crippen LogP contribution in [-0.2, 0) is 6.54 Å². The number of aromatic nitrogens is 2. The van der Waals surface area contributed by atoms with E-state index in [1.165, 1.54) is 30.6 Å². The van der Waals surface area contributed by atoms with E-state index in [9.17, 15) is 4.79 Å². The van der Waals surface area contributed by atoms with Crippen LogP contribution in [0.5, 0.6) is 0 Å². The van der Waals surface area contributed by atoms with E-state index in [0.717, 1.165) is 30.2 Å². The Kier molecular flexibility index (Phi) is 4.68. The van der Waals surface area contributed by atoms with Crippen molar-refractivity contribution in [2.75, 3.05) is 18.0 Å². The molecule has 116 valence electrons. The van der Waals surface area contributed by atoms with Gasteiger partial charge in [-0.15, -0.1) is 11.3 Å². The second kappa shape index (κ2) is 6.87. The summed E-state index contributed by atoms with van der Waals surface area (Å²) in [6.07, 6.45) is 5.66. The molecule has 22 heavy (non-hydrogen) atoms. The van der Waals surface area contributed by atoms with Crippen molar-refractivity contribution in [3.8, 4) is 0 Å². The Morgan fingerprint density at radius 3 is 2.73 bits per heavy atom. The number of hydrogen-bond acceptors (Lipinski definition) is 5.